The van der Waals surface area contributed by atoms with Crippen molar-refractivity contribution in [2.75, 3.05) is 10.6 Å². The van der Waals surface area contributed by atoms with Crippen LogP contribution in [0.25, 0.3) is 0 Å². The molecule has 0 spiro atoms. The fourth-order valence-corrected chi connectivity index (χ4v) is 2.15. The van der Waals surface area contributed by atoms with Gasteiger partial charge in [-0.2, -0.15) is 10.2 Å². The Morgan fingerprint density at radius 1 is 1.12 bits per heavy atom. The van der Waals surface area contributed by atoms with Gasteiger partial charge in [0.25, 0.3) is 11.8 Å². The van der Waals surface area contributed by atoms with Gasteiger partial charge in [0.2, 0.25) is 5.69 Å². The summed E-state index contributed by atoms with van der Waals surface area (Å²) in [5.41, 5.74) is 0.515. The van der Waals surface area contributed by atoms with Crippen LogP contribution in [-0.4, -0.2) is 36.7 Å². The smallest absolute Gasteiger partial charge is 0.319 e. The summed E-state index contributed by atoms with van der Waals surface area (Å²) in [6, 6.07) is 7.85. The number of benzene rings is 1. The lowest BCUT2D eigenvalue weighted by atomic mass is 10.2. The number of carbonyl (C=O) groups excluding carboxylic acids is 2. The number of anilines is 2. The van der Waals surface area contributed by atoms with Gasteiger partial charge in [-0.25, -0.2) is 0 Å². The maximum atomic E-state index is 12.1. The normalized spacial score (nSPS) is 10.3. The number of nitro groups is 1. The number of carbonyl (C=O) groups is 2. The summed E-state index contributed by atoms with van der Waals surface area (Å²) in [4.78, 5) is 34.2. The van der Waals surface area contributed by atoms with Crippen LogP contribution < -0.4 is 10.6 Å². The van der Waals surface area contributed by atoms with E-state index in [1.807, 2.05) is 0 Å². The Labute approximate surface area is 146 Å². The maximum absolute atomic E-state index is 12.1. The molecule has 0 fully saturated rings. The molecular formula is C15H13N7O4. The van der Waals surface area contributed by atoms with Crippen LogP contribution >= 0.6 is 0 Å². The van der Waals surface area contributed by atoms with Crippen molar-refractivity contribution in [3.8, 4) is 0 Å². The minimum absolute atomic E-state index is 0.248. The van der Waals surface area contributed by atoms with Crippen LogP contribution in [0.5, 0.6) is 0 Å². The number of aryl methyl sites for hydroxylation is 1. The van der Waals surface area contributed by atoms with Gasteiger partial charge in [0.15, 0.2) is 5.69 Å². The molecule has 11 heteroatoms. The zero-order valence-electron chi connectivity index (χ0n) is 13.5. The number of nitrogens with one attached hydrogen (secondary N) is 3. The van der Waals surface area contributed by atoms with Gasteiger partial charge in [0, 0.05) is 24.6 Å². The Hall–Kier alpha value is -4.02. The van der Waals surface area contributed by atoms with Gasteiger partial charge in [-0.05, 0) is 30.3 Å². The van der Waals surface area contributed by atoms with Crippen LogP contribution in [0.15, 0.2) is 42.7 Å². The first-order chi connectivity index (χ1) is 12.4. The Balaban J connectivity index is 1.66. The molecule has 0 aliphatic carbocycles. The number of amides is 2. The second-order valence-electron chi connectivity index (χ2n) is 5.25. The molecule has 3 aromatic rings. The molecule has 0 saturated heterocycles. The van der Waals surface area contributed by atoms with E-state index in [0.717, 1.165) is 6.20 Å². The summed E-state index contributed by atoms with van der Waals surface area (Å²) in [6.07, 6.45) is 2.62. The molecule has 2 aromatic heterocycles. The number of hydrogen-bond donors (Lipinski definition) is 3. The summed E-state index contributed by atoms with van der Waals surface area (Å²) in [7, 11) is 1.71. The monoisotopic (exact) mass is 355 g/mol. The number of hydrogen-bond acceptors (Lipinski definition) is 6. The minimum Gasteiger partial charge on any atom is -0.321 e. The predicted octanol–water partition coefficient (Wildman–Crippen LogP) is 1.56. The molecule has 0 saturated carbocycles. The van der Waals surface area contributed by atoms with Gasteiger partial charge in [-0.1, -0.05) is 0 Å². The molecule has 132 valence electrons. The Bertz CT molecular complexity index is 974. The van der Waals surface area contributed by atoms with Crippen molar-refractivity contribution in [2.45, 2.75) is 0 Å². The lowest BCUT2D eigenvalue weighted by Crippen LogP contribution is -2.15. The van der Waals surface area contributed by atoms with Crippen molar-refractivity contribution in [3.05, 3.63) is 64.2 Å². The lowest BCUT2D eigenvalue weighted by molar-refractivity contribution is -0.385. The van der Waals surface area contributed by atoms with Crippen molar-refractivity contribution < 1.29 is 14.5 Å². The zero-order chi connectivity index (χ0) is 18.7. The van der Waals surface area contributed by atoms with Crippen molar-refractivity contribution in [3.63, 3.8) is 0 Å². The summed E-state index contributed by atoms with van der Waals surface area (Å²) in [5, 5.41) is 25.8. The van der Waals surface area contributed by atoms with Gasteiger partial charge in [-0.3, -0.25) is 29.5 Å². The first-order valence-electron chi connectivity index (χ1n) is 7.34. The van der Waals surface area contributed by atoms with Crippen molar-refractivity contribution in [1.29, 1.82) is 0 Å². The quantitative estimate of drug-likeness (QED) is 0.467. The molecule has 3 rings (SSSR count). The van der Waals surface area contributed by atoms with E-state index in [0.29, 0.717) is 11.4 Å². The summed E-state index contributed by atoms with van der Waals surface area (Å²) in [5.74, 6) is -1.06. The molecular weight excluding hydrogens is 342 g/mol. The van der Waals surface area contributed by atoms with Crippen LogP contribution in [0.2, 0.25) is 0 Å². The van der Waals surface area contributed by atoms with E-state index in [1.165, 1.54) is 4.68 Å². The molecule has 1 aromatic carbocycles. The highest BCUT2D eigenvalue weighted by Crippen LogP contribution is 2.18. The number of nitrogens with zero attached hydrogens (tertiary/aromatic N) is 4. The van der Waals surface area contributed by atoms with E-state index in [2.05, 4.69) is 25.9 Å². The second-order valence-corrected chi connectivity index (χ2v) is 5.25. The molecule has 3 N–H and O–H groups in total. The van der Waals surface area contributed by atoms with Crippen molar-refractivity contribution in [1.82, 2.24) is 20.0 Å². The predicted molar refractivity (Wildman–Crippen MR) is 90.8 cm³/mol. The van der Waals surface area contributed by atoms with E-state index in [1.54, 1.807) is 43.6 Å². The highest BCUT2D eigenvalue weighted by molar-refractivity contribution is 6.06. The first-order valence-corrected chi connectivity index (χ1v) is 7.34. The van der Waals surface area contributed by atoms with E-state index in [4.69, 9.17) is 0 Å². The highest BCUT2D eigenvalue weighted by Gasteiger charge is 2.22. The minimum atomic E-state index is -0.700. The third kappa shape index (κ3) is 3.56. The molecule has 2 heterocycles. The van der Waals surface area contributed by atoms with Crippen LogP contribution in [0, 0.1) is 10.1 Å². The van der Waals surface area contributed by atoms with Gasteiger partial charge in [0.05, 0.1) is 4.92 Å². The van der Waals surface area contributed by atoms with Gasteiger partial charge in [-0.15, -0.1) is 0 Å². The van der Waals surface area contributed by atoms with Crippen LogP contribution in [0.4, 0.5) is 17.1 Å². The first kappa shape index (κ1) is 16.8. The van der Waals surface area contributed by atoms with E-state index < -0.39 is 16.5 Å². The number of aromatic amines is 1. The average molecular weight is 355 g/mol. The van der Waals surface area contributed by atoms with Gasteiger partial charge >= 0.3 is 5.69 Å². The molecule has 0 aliphatic heterocycles. The molecule has 0 atom stereocenters. The fourth-order valence-electron chi connectivity index (χ4n) is 2.15. The van der Waals surface area contributed by atoms with Crippen LogP contribution in [0.3, 0.4) is 0 Å². The number of aromatic nitrogens is 4. The average Bonchev–Trinajstić information content (AvgIpc) is 3.25. The molecule has 0 aliphatic rings. The highest BCUT2D eigenvalue weighted by atomic mass is 16.6. The largest absolute Gasteiger partial charge is 0.321 e. The summed E-state index contributed by atoms with van der Waals surface area (Å²) >= 11 is 0. The number of H-pyrrole nitrogens is 1. The molecule has 2 amide bonds. The van der Waals surface area contributed by atoms with Gasteiger partial charge in [0.1, 0.15) is 6.20 Å². The Morgan fingerprint density at radius 3 is 2.27 bits per heavy atom. The van der Waals surface area contributed by atoms with E-state index in [-0.39, 0.29) is 17.3 Å². The van der Waals surface area contributed by atoms with Crippen LogP contribution in [-0.2, 0) is 7.05 Å². The number of rotatable bonds is 5. The Morgan fingerprint density at radius 2 is 1.73 bits per heavy atom. The summed E-state index contributed by atoms with van der Waals surface area (Å²) in [6.45, 7) is 0. The molecule has 0 bridgehead atoms. The van der Waals surface area contributed by atoms with Crippen LogP contribution in [0.1, 0.15) is 21.0 Å². The maximum Gasteiger partial charge on any atom is 0.319 e. The van der Waals surface area contributed by atoms with Gasteiger partial charge < -0.3 is 10.6 Å². The van der Waals surface area contributed by atoms with E-state index >= 15 is 0 Å². The lowest BCUT2D eigenvalue weighted by Gasteiger charge is -2.06. The van der Waals surface area contributed by atoms with E-state index in [9.17, 15) is 19.7 Å². The topological polar surface area (TPSA) is 148 Å². The standard InChI is InChI=1S/C15H13N7O4/c1-21-7-6-11(20-21)14(23)17-9-2-4-10(5-3-9)18-15(24)13-12(22(25)26)8-16-19-13/h2-8H,1H3,(H,16,19)(H,17,23)(H,18,24). The SMILES string of the molecule is Cn1ccc(C(=O)Nc2ccc(NC(=O)c3[nH]ncc3[N+](=O)[O-])cc2)n1. The van der Waals surface area contributed by atoms with Crippen molar-refractivity contribution in [2.24, 2.45) is 7.05 Å². The fraction of sp³-hybridized carbons (Fsp3) is 0.0667. The van der Waals surface area contributed by atoms with Crippen molar-refractivity contribution >= 4 is 28.9 Å². The third-order valence-electron chi connectivity index (χ3n) is 3.39. The molecule has 26 heavy (non-hydrogen) atoms. The molecule has 0 unspecified atom stereocenters. The molecule has 0 radical (unpaired) electrons. The Kier molecular flexibility index (Phi) is 4.43. The molecule has 11 nitrogen and oxygen atoms in total. The summed E-state index contributed by atoms with van der Waals surface area (Å²) < 4.78 is 1.52. The zero-order valence-corrected chi connectivity index (χ0v) is 13.5. The third-order valence-corrected chi connectivity index (χ3v) is 3.39. The second kappa shape index (κ2) is 6.84.